The highest BCUT2D eigenvalue weighted by Crippen LogP contribution is 2.25. The van der Waals surface area contributed by atoms with Crippen LogP contribution in [0.2, 0.25) is 0 Å². The molecule has 4 rings (SSSR count). The lowest BCUT2D eigenvalue weighted by molar-refractivity contribution is 0.0735. The Labute approximate surface area is 176 Å². The Morgan fingerprint density at radius 2 is 1.68 bits per heavy atom. The molecule has 1 aromatic heterocycles. The number of methoxy groups -OCH3 is 1. The fourth-order valence-corrected chi connectivity index (χ4v) is 3.03. The van der Waals surface area contributed by atoms with E-state index in [-0.39, 0.29) is 33.2 Å². The van der Waals surface area contributed by atoms with Gasteiger partial charge in [-0.1, -0.05) is 12.1 Å². The van der Waals surface area contributed by atoms with Crippen LogP contribution >= 0.6 is 0 Å². The predicted molar refractivity (Wildman–Crippen MR) is 114 cm³/mol. The molecule has 0 saturated heterocycles. The minimum absolute atomic E-state index is 0.0169. The fraction of sp³-hybridized carbons (Fsp3) is 0.0435. The molecule has 31 heavy (non-hydrogen) atoms. The number of hydrogen-bond acceptors (Lipinski definition) is 8. The SMILES string of the molecule is COc1ccc(-c2coc3cc(OC(=O)c4ccc(N([O-])O)cc4)ccc3c2=O)cc1. The monoisotopic (exact) mass is 418 g/mol. The van der Waals surface area contributed by atoms with Crippen molar-refractivity contribution < 1.29 is 23.9 Å². The van der Waals surface area contributed by atoms with Crippen LogP contribution in [0, 0.1) is 5.21 Å². The summed E-state index contributed by atoms with van der Waals surface area (Å²) in [5, 5.41) is 19.7. The summed E-state index contributed by atoms with van der Waals surface area (Å²) in [7, 11) is 1.56. The highest BCUT2D eigenvalue weighted by molar-refractivity contribution is 5.92. The molecule has 0 fully saturated rings. The van der Waals surface area contributed by atoms with E-state index < -0.39 is 5.97 Å². The zero-order valence-corrected chi connectivity index (χ0v) is 16.3. The van der Waals surface area contributed by atoms with Crippen LogP contribution in [0.15, 0.2) is 82.2 Å². The molecule has 156 valence electrons. The van der Waals surface area contributed by atoms with Gasteiger partial charge in [0.05, 0.1) is 29.3 Å². The van der Waals surface area contributed by atoms with Crippen LogP contribution in [0.25, 0.3) is 22.1 Å². The molecule has 1 N–H and O–H groups in total. The molecule has 3 aromatic carbocycles. The Hall–Kier alpha value is -4.14. The zero-order valence-electron chi connectivity index (χ0n) is 16.3. The van der Waals surface area contributed by atoms with Crippen molar-refractivity contribution >= 4 is 22.6 Å². The van der Waals surface area contributed by atoms with E-state index >= 15 is 0 Å². The Morgan fingerprint density at radius 3 is 2.32 bits per heavy atom. The van der Waals surface area contributed by atoms with E-state index in [0.29, 0.717) is 22.3 Å². The van der Waals surface area contributed by atoms with E-state index in [1.54, 1.807) is 31.4 Å². The quantitative estimate of drug-likeness (QED) is 0.289. The summed E-state index contributed by atoms with van der Waals surface area (Å²) in [6.45, 7) is 0. The van der Waals surface area contributed by atoms with Crippen LogP contribution < -0.4 is 20.1 Å². The maximum Gasteiger partial charge on any atom is 0.343 e. The van der Waals surface area contributed by atoms with Crippen LogP contribution in [-0.2, 0) is 0 Å². The normalized spacial score (nSPS) is 10.7. The van der Waals surface area contributed by atoms with E-state index in [1.807, 2.05) is 0 Å². The second-order valence-electron chi connectivity index (χ2n) is 6.57. The van der Waals surface area contributed by atoms with Gasteiger partial charge in [-0.05, 0) is 54.1 Å². The topological polar surface area (TPSA) is 112 Å². The van der Waals surface area contributed by atoms with E-state index in [4.69, 9.17) is 19.1 Å². The lowest BCUT2D eigenvalue weighted by atomic mass is 10.1. The van der Waals surface area contributed by atoms with Crippen molar-refractivity contribution in [3.05, 3.63) is 94.0 Å². The van der Waals surface area contributed by atoms with Crippen molar-refractivity contribution in [3.63, 3.8) is 0 Å². The molecule has 0 spiro atoms. The van der Waals surface area contributed by atoms with E-state index in [9.17, 15) is 14.8 Å². The summed E-state index contributed by atoms with van der Waals surface area (Å²) in [6, 6.07) is 16.8. The predicted octanol–water partition coefficient (Wildman–Crippen LogP) is 4.38. The third kappa shape index (κ3) is 4.11. The summed E-state index contributed by atoms with van der Waals surface area (Å²) in [5.41, 5.74) is 1.31. The summed E-state index contributed by atoms with van der Waals surface area (Å²) in [5.74, 6) is 0.199. The smallest absolute Gasteiger partial charge is 0.343 e. The summed E-state index contributed by atoms with van der Waals surface area (Å²) in [6.07, 6.45) is 1.36. The molecule has 8 nitrogen and oxygen atoms in total. The van der Waals surface area contributed by atoms with Crippen molar-refractivity contribution in [1.29, 1.82) is 0 Å². The zero-order chi connectivity index (χ0) is 22.0. The van der Waals surface area contributed by atoms with Gasteiger partial charge in [-0.25, -0.2) is 4.79 Å². The number of nitrogens with zero attached hydrogens (tertiary/aromatic N) is 1. The van der Waals surface area contributed by atoms with Gasteiger partial charge in [-0.3, -0.25) is 10.0 Å². The molecule has 8 heteroatoms. The summed E-state index contributed by atoms with van der Waals surface area (Å²) >= 11 is 0. The maximum atomic E-state index is 12.9. The first-order chi connectivity index (χ1) is 15.0. The van der Waals surface area contributed by atoms with Gasteiger partial charge in [0.2, 0.25) is 0 Å². The van der Waals surface area contributed by atoms with Gasteiger partial charge in [0.15, 0.2) is 5.43 Å². The number of anilines is 1. The average molecular weight is 418 g/mol. The van der Waals surface area contributed by atoms with E-state index in [2.05, 4.69) is 0 Å². The van der Waals surface area contributed by atoms with Gasteiger partial charge in [-0.15, -0.1) is 0 Å². The number of rotatable bonds is 5. The number of carbonyl (C=O) groups is 1. The van der Waals surface area contributed by atoms with Crippen LogP contribution in [0.5, 0.6) is 11.5 Å². The molecule has 4 aromatic rings. The molecule has 0 aliphatic heterocycles. The minimum atomic E-state index is -0.668. The Kier molecular flexibility index (Phi) is 5.40. The molecule has 0 atom stereocenters. The molecule has 0 bridgehead atoms. The number of esters is 1. The Balaban J connectivity index is 1.59. The van der Waals surface area contributed by atoms with Crippen LogP contribution in [0.3, 0.4) is 0 Å². The number of fused-ring (bicyclic) bond motifs is 1. The number of hydrogen-bond donors (Lipinski definition) is 1. The summed E-state index contributed by atoms with van der Waals surface area (Å²) in [4.78, 5) is 25.2. The Morgan fingerprint density at radius 1 is 1.00 bits per heavy atom. The van der Waals surface area contributed by atoms with Gasteiger partial charge in [-0.2, -0.15) is 0 Å². The van der Waals surface area contributed by atoms with E-state index in [1.165, 1.54) is 48.7 Å². The molecule has 0 unspecified atom stereocenters. The van der Waals surface area contributed by atoms with Gasteiger partial charge in [0, 0.05) is 6.07 Å². The summed E-state index contributed by atoms with van der Waals surface area (Å²) < 4.78 is 16.1. The van der Waals surface area contributed by atoms with Crippen LogP contribution in [0.4, 0.5) is 5.69 Å². The van der Waals surface area contributed by atoms with Crippen molar-refractivity contribution in [3.8, 4) is 22.6 Å². The third-order valence-electron chi connectivity index (χ3n) is 4.68. The molecular weight excluding hydrogens is 402 g/mol. The second-order valence-corrected chi connectivity index (χ2v) is 6.57. The first kappa shape index (κ1) is 20.1. The number of ether oxygens (including phenoxy) is 2. The van der Waals surface area contributed by atoms with Gasteiger partial charge >= 0.3 is 5.97 Å². The number of benzene rings is 3. The lowest BCUT2D eigenvalue weighted by Crippen LogP contribution is -2.10. The van der Waals surface area contributed by atoms with E-state index in [0.717, 1.165) is 0 Å². The standard InChI is InChI=1S/C23H16NO7/c1-29-17-8-4-14(5-9-17)20-13-30-21-12-18(10-11-19(21)22(20)25)31-23(26)15-2-6-16(7-3-15)24(27)28/h2-13,27H,1H3/q-1. The van der Waals surface area contributed by atoms with Crippen molar-refractivity contribution in [1.82, 2.24) is 0 Å². The van der Waals surface area contributed by atoms with Crippen molar-refractivity contribution in [2.24, 2.45) is 0 Å². The first-order valence-corrected chi connectivity index (χ1v) is 9.14. The highest BCUT2D eigenvalue weighted by Gasteiger charge is 2.13. The molecule has 0 aliphatic carbocycles. The minimum Gasteiger partial charge on any atom is -0.733 e. The second kappa shape index (κ2) is 8.31. The van der Waals surface area contributed by atoms with Gasteiger partial charge in [0.1, 0.15) is 23.3 Å². The van der Waals surface area contributed by atoms with Crippen molar-refractivity contribution in [2.75, 3.05) is 12.3 Å². The maximum absolute atomic E-state index is 12.9. The highest BCUT2D eigenvalue weighted by atomic mass is 16.8. The fourth-order valence-electron chi connectivity index (χ4n) is 3.03. The van der Waals surface area contributed by atoms with Crippen LogP contribution in [-0.4, -0.2) is 18.3 Å². The molecular formula is C23H16NO7-. The molecule has 1 heterocycles. The molecule has 0 aliphatic rings. The van der Waals surface area contributed by atoms with Gasteiger partial charge < -0.3 is 24.3 Å². The largest absolute Gasteiger partial charge is 0.733 e. The first-order valence-electron chi connectivity index (χ1n) is 9.14. The van der Waals surface area contributed by atoms with Gasteiger partial charge in [0.25, 0.3) is 0 Å². The number of carbonyl (C=O) groups excluding carboxylic acids is 1. The molecule has 0 saturated carbocycles. The molecule has 0 radical (unpaired) electrons. The Bertz CT molecular complexity index is 1290. The van der Waals surface area contributed by atoms with Crippen molar-refractivity contribution in [2.45, 2.75) is 0 Å². The average Bonchev–Trinajstić information content (AvgIpc) is 2.79. The lowest BCUT2D eigenvalue weighted by Gasteiger charge is -2.21. The molecule has 0 amide bonds. The van der Waals surface area contributed by atoms with Crippen LogP contribution in [0.1, 0.15) is 10.4 Å². The third-order valence-corrected chi connectivity index (χ3v) is 4.68.